The molecule has 1 aromatic carbocycles. The molecule has 1 aliphatic heterocycles. The predicted octanol–water partition coefficient (Wildman–Crippen LogP) is 1.90. The Morgan fingerprint density at radius 3 is 2.92 bits per heavy atom. The lowest BCUT2D eigenvalue weighted by Gasteiger charge is -2.29. The van der Waals surface area contributed by atoms with E-state index in [9.17, 15) is 18.4 Å². The molecule has 0 saturated heterocycles. The van der Waals surface area contributed by atoms with Crippen molar-refractivity contribution in [1.29, 1.82) is 5.26 Å². The van der Waals surface area contributed by atoms with Crippen molar-refractivity contribution < 1.29 is 18.4 Å². The first-order chi connectivity index (χ1) is 12.5. The zero-order valence-corrected chi connectivity index (χ0v) is 13.4. The Morgan fingerprint density at radius 1 is 1.38 bits per heavy atom. The van der Waals surface area contributed by atoms with Crippen LogP contribution in [-0.4, -0.2) is 28.4 Å². The number of amides is 3. The van der Waals surface area contributed by atoms with E-state index >= 15 is 0 Å². The third-order valence-electron chi connectivity index (χ3n) is 3.88. The molecule has 2 aromatic rings. The number of fused-ring (bicyclic) bond motifs is 1. The third-order valence-corrected chi connectivity index (χ3v) is 3.88. The second-order valence-corrected chi connectivity index (χ2v) is 5.62. The van der Waals surface area contributed by atoms with Crippen LogP contribution >= 0.6 is 0 Å². The third kappa shape index (κ3) is 3.59. The number of pyridine rings is 1. The van der Waals surface area contributed by atoms with Gasteiger partial charge in [0.2, 0.25) is 5.91 Å². The minimum Gasteiger partial charge on any atom is -0.350 e. The van der Waals surface area contributed by atoms with Crippen LogP contribution in [-0.2, 0) is 17.9 Å². The number of nitriles is 1. The summed E-state index contributed by atoms with van der Waals surface area (Å²) in [5, 5.41) is 14.2. The quantitative estimate of drug-likeness (QED) is 0.873. The van der Waals surface area contributed by atoms with Crippen molar-refractivity contribution in [3.8, 4) is 6.07 Å². The number of urea groups is 1. The van der Waals surface area contributed by atoms with Crippen molar-refractivity contribution in [2.24, 2.45) is 0 Å². The number of nitrogens with one attached hydrogen (secondary N) is 2. The van der Waals surface area contributed by atoms with Gasteiger partial charge in [0.1, 0.15) is 24.2 Å². The van der Waals surface area contributed by atoms with Crippen molar-refractivity contribution in [2.75, 3.05) is 11.9 Å². The van der Waals surface area contributed by atoms with E-state index in [4.69, 9.17) is 5.26 Å². The minimum absolute atomic E-state index is 0.0743. The lowest BCUT2D eigenvalue weighted by atomic mass is 10.1. The summed E-state index contributed by atoms with van der Waals surface area (Å²) < 4.78 is 26.4. The summed E-state index contributed by atoms with van der Waals surface area (Å²) in [6, 6.07) is 4.55. The van der Waals surface area contributed by atoms with E-state index < -0.39 is 23.6 Å². The molecule has 0 bridgehead atoms. The second kappa shape index (κ2) is 7.14. The average molecular weight is 357 g/mol. The number of rotatable bonds is 4. The number of carbonyl (C=O) groups is 2. The summed E-state index contributed by atoms with van der Waals surface area (Å²) in [5.41, 5.74) is 1.44. The Bertz CT molecular complexity index is 926. The van der Waals surface area contributed by atoms with E-state index in [1.807, 2.05) is 6.07 Å². The second-order valence-electron chi connectivity index (χ2n) is 5.62. The van der Waals surface area contributed by atoms with Gasteiger partial charge in [0.05, 0.1) is 24.0 Å². The maximum Gasteiger partial charge on any atom is 0.322 e. The topological polar surface area (TPSA) is 98.1 Å². The molecule has 1 aliphatic rings. The van der Waals surface area contributed by atoms with Crippen LogP contribution in [0.25, 0.3) is 0 Å². The molecule has 3 amide bonds. The number of halogens is 2. The SMILES string of the molecule is N#Cc1cncc2c1CN(CC(=O)NCc1ccc(F)cc1F)C(=O)N2. The molecule has 0 saturated carbocycles. The molecular weight excluding hydrogens is 344 g/mol. The summed E-state index contributed by atoms with van der Waals surface area (Å²) in [6.07, 6.45) is 2.81. The molecule has 1 aromatic heterocycles. The Kier molecular flexibility index (Phi) is 4.75. The minimum atomic E-state index is -0.763. The molecule has 0 spiro atoms. The number of anilines is 1. The van der Waals surface area contributed by atoms with Crippen LogP contribution in [0.5, 0.6) is 0 Å². The molecule has 0 fully saturated rings. The zero-order chi connectivity index (χ0) is 18.7. The van der Waals surface area contributed by atoms with Gasteiger partial charge in [0.25, 0.3) is 0 Å². The first-order valence-electron chi connectivity index (χ1n) is 7.61. The van der Waals surface area contributed by atoms with E-state index in [0.717, 1.165) is 12.1 Å². The lowest BCUT2D eigenvalue weighted by Crippen LogP contribution is -2.44. The Balaban J connectivity index is 1.64. The fourth-order valence-corrected chi connectivity index (χ4v) is 2.53. The van der Waals surface area contributed by atoms with Crippen molar-refractivity contribution >= 4 is 17.6 Å². The smallest absolute Gasteiger partial charge is 0.322 e. The molecule has 0 aliphatic carbocycles. The number of carbonyl (C=O) groups excluding carboxylic acids is 2. The van der Waals surface area contributed by atoms with Gasteiger partial charge in [0, 0.05) is 29.9 Å². The van der Waals surface area contributed by atoms with Gasteiger partial charge in [0.15, 0.2) is 0 Å². The number of nitrogens with zero attached hydrogens (tertiary/aromatic N) is 3. The van der Waals surface area contributed by atoms with Gasteiger partial charge >= 0.3 is 6.03 Å². The molecule has 9 heteroatoms. The van der Waals surface area contributed by atoms with Gasteiger partial charge in [-0.15, -0.1) is 0 Å². The fourth-order valence-electron chi connectivity index (χ4n) is 2.53. The van der Waals surface area contributed by atoms with Gasteiger partial charge in [-0.3, -0.25) is 9.78 Å². The number of aromatic nitrogens is 1. The summed E-state index contributed by atoms with van der Waals surface area (Å²) in [7, 11) is 0. The largest absolute Gasteiger partial charge is 0.350 e. The first kappa shape index (κ1) is 17.3. The molecular formula is C17H13F2N5O2. The first-order valence-corrected chi connectivity index (χ1v) is 7.61. The van der Waals surface area contributed by atoms with E-state index in [1.54, 1.807) is 0 Å². The van der Waals surface area contributed by atoms with Gasteiger partial charge in [-0.05, 0) is 6.07 Å². The van der Waals surface area contributed by atoms with E-state index in [2.05, 4.69) is 15.6 Å². The predicted molar refractivity (Wildman–Crippen MR) is 86.6 cm³/mol. The zero-order valence-electron chi connectivity index (χ0n) is 13.4. The molecule has 3 rings (SSSR count). The van der Waals surface area contributed by atoms with Crippen LogP contribution < -0.4 is 10.6 Å². The molecule has 132 valence electrons. The molecule has 7 nitrogen and oxygen atoms in total. The van der Waals surface area contributed by atoms with E-state index in [1.165, 1.54) is 23.4 Å². The van der Waals surface area contributed by atoms with Crippen LogP contribution in [0.3, 0.4) is 0 Å². The maximum absolute atomic E-state index is 13.6. The molecule has 26 heavy (non-hydrogen) atoms. The molecule has 0 atom stereocenters. The molecule has 0 unspecified atom stereocenters. The molecule has 2 heterocycles. The number of benzene rings is 1. The summed E-state index contributed by atoms with van der Waals surface area (Å²) >= 11 is 0. The Hall–Kier alpha value is -3.54. The van der Waals surface area contributed by atoms with Gasteiger partial charge in [-0.1, -0.05) is 6.07 Å². The van der Waals surface area contributed by atoms with Crippen LogP contribution in [0.1, 0.15) is 16.7 Å². The highest BCUT2D eigenvalue weighted by Gasteiger charge is 2.26. The Morgan fingerprint density at radius 2 is 2.19 bits per heavy atom. The normalized spacial score (nSPS) is 12.8. The van der Waals surface area contributed by atoms with Crippen molar-refractivity contribution in [3.63, 3.8) is 0 Å². The van der Waals surface area contributed by atoms with Crippen LogP contribution in [0, 0.1) is 23.0 Å². The van der Waals surface area contributed by atoms with Crippen molar-refractivity contribution in [1.82, 2.24) is 15.2 Å². The molecule has 2 N–H and O–H groups in total. The van der Waals surface area contributed by atoms with Crippen LogP contribution in [0.4, 0.5) is 19.3 Å². The highest BCUT2D eigenvalue weighted by molar-refractivity contribution is 5.95. The number of hydrogen-bond donors (Lipinski definition) is 2. The standard InChI is InChI=1S/C17H13F2N5O2/c18-12-2-1-10(14(19)3-12)6-22-16(25)9-24-8-13-11(4-20)5-21-7-15(13)23-17(24)26/h1-3,5,7H,6,8-9H2,(H,22,25)(H,23,26). The average Bonchev–Trinajstić information content (AvgIpc) is 2.61. The van der Waals surface area contributed by atoms with Crippen molar-refractivity contribution in [3.05, 3.63) is 58.9 Å². The maximum atomic E-state index is 13.6. The van der Waals surface area contributed by atoms with E-state index in [-0.39, 0.29) is 25.2 Å². The van der Waals surface area contributed by atoms with Gasteiger partial charge in [-0.25, -0.2) is 13.6 Å². The monoisotopic (exact) mass is 357 g/mol. The Labute approximate surface area is 147 Å². The summed E-state index contributed by atoms with van der Waals surface area (Å²) in [5.74, 6) is -1.98. The highest BCUT2D eigenvalue weighted by atomic mass is 19.1. The fraction of sp³-hybridized carbons (Fsp3) is 0.176. The van der Waals surface area contributed by atoms with Gasteiger partial charge < -0.3 is 15.5 Å². The van der Waals surface area contributed by atoms with Crippen LogP contribution in [0.15, 0.2) is 30.6 Å². The number of hydrogen-bond acceptors (Lipinski definition) is 4. The van der Waals surface area contributed by atoms with E-state index in [0.29, 0.717) is 16.8 Å². The highest BCUT2D eigenvalue weighted by Crippen LogP contribution is 2.24. The van der Waals surface area contributed by atoms with Gasteiger partial charge in [-0.2, -0.15) is 5.26 Å². The summed E-state index contributed by atoms with van der Waals surface area (Å²) in [6.45, 7) is -0.337. The summed E-state index contributed by atoms with van der Waals surface area (Å²) in [4.78, 5) is 29.2. The molecule has 0 radical (unpaired) electrons. The van der Waals surface area contributed by atoms with Crippen LogP contribution in [0.2, 0.25) is 0 Å². The lowest BCUT2D eigenvalue weighted by molar-refractivity contribution is -0.121. The van der Waals surface area contributed by atoms with Crippen molar-refractivity contribution in [2.45, 2.75) is 13.1 Å².